The molecular weight excluding hydrogens is 519 g/mol. The van der Waals surface area contributed by atoms with Gasteiger partial charge in [-0.3, -0.25) is 19.5 Å². The maximum atomic E-state index is 12.7. The Bertz CT molecular complexity index is 830. The van der Waals surface area contributed by atoms with Crippen LogP contribution < -0.4 is 10.6 Å². The monoisotopic (exact) mass is 552 g/mol. The fourth-order valence-electron chi connectivity index (χ4n) is 4.97. The molecular formula is C24H33IN4O3. The minimum absolute atomic E-state index is 0. The van der Waals surface area contributed by atoms with E-state index in [1.807, 2.05) is 18.2 Å². The minimum Gasteiger partial charge on any atom is -0.376 e. The fourth-order valence-corrected chi connectivity index (χ4v) is 4.97. The summed E-state index contributed by atoms with van der Waals surface area (Å²) >= 11 is 0. The van der Waals surface area contributed by atoms with E-state index in [2.05, 4.69) is 46.8 Å². The van der Waals surface area contributed by atoms with Crippen LogP contribution in [0, 0.1) is 29.6 Å². The Balaban J connectivity index is 0.00000289. The first-order chi connectivity index (χ1) is 15.1. The van der Waals surface area contributed by atoms with Crippen molar-refractivity contribution < 1.29 is 14.3 Å². The zero-order valence-corrected chi connectivity index (χ0v) is 21.0. The molecule has 1 aromatic carbocycles. The summed E-state index contributed by atoms with van der Waals surface area (Å²) in [6.45, 7) is 4.95. The quantitative estimate of drug-likeness (QED) is 0.162. The number of carbonyl (C=O) groups excluding carboxylic acids is 2. The van der Waals surface area contributed by atoms with Gasteiger partial charge in [-0.1, -0.05) is 49.4 Å². The topological polar surface area (TPSA) is 83.0 Å². The Morgan fingerprint density at radius 2 is 1.78 bits per heavy atom. The molecule has 2 N–H and O–H groups in total. The molecule has 2 fully saturated rings. The number of nitrogens with zero attached hydrogens (tertiary/aromatic N) is 2. The van der Waals surface area contributed by atoms with E-state index < -0.39 is 0 Å². The number of hydrogen-bond donors (Lipinski definition) is 2. The number of amides is 2. The summed E-state index contributed by atoms with van der Waals surface area (Å²) in [5.74, 6) is 1.23. The number of aliphatic imine (C=N–C) groups is 1. The van der Waals surface area contributed by atoms with Gasteiger partial charge in [-0.2, -0.15) is 0 Å². The van der Waals surface area contributed by atoms with Crippen molar-refractivity contribution in [2.24, 2.45) is 34.6 Å². The van der Waals surface area contributed by atoms with Crippen LogP contribution >= 0.6 is 24.0 Å². The van der Waals surface area contributed by atoms with Gasteiger partial charge in [-0.05, 0) is 29.7 Å². The van der Waals surface area contributed by atoms with Crippen LogP contribution in [0.5, 0.6) is 0 Å². The molecule has 7 nitrogen and oxygen atoms in total. The molecule has 0 aromatic heterocycles. The molecule has 1 aliphatic heterocycles. The SMILES string of the molecule is CN=C(NCCN1C(=O)C2C3C=CC(C3)C2C1=O)NCC(C)COCc1ccccc1.I. The molecule has 2 aliphatic carbocycles. The van der Waals surface area contributed by atoms with Crippen LogP contribution in [0.25, 0.3) is 0 Å². The summed E-state index contributed by atoms with van der Waals surface area (Å²) in [6, 6.07) is 10.1. The Hall–Kier alpha value is -1.94. The molecule has 1 heterocycles. The lowest BCUT2D eigenvalue weighted by molar-refractivity contribution is -0.140. The highest BCUT2D eigenvalue weighted by molar-refractivity contribution is 14.0. The predicted molar refractivity (Wildman–Crippen MR) is 134 cm³/mol. The zero-order valence-electron chi connectivity index (χ0n) is 18.7. The highest BCUT2D eigenvalue weighted by Gasteiger charge is 2.58. The molecule has 32 heavy (non-hydrogen) atoms. The van der Waals surface area contributed by atoms with Gasteiger partial charge >= 0.3 is 0 Å². The summed E-state index contributed by atoms with van der Waals surface area (Å²) in [4.78, 5) is 31.2. The van der Waals surface area contributed by atoms with Gasteiger partial charge < -0.3 is 15.4 Å². The number of benzene rings is 1. The van der Waals surface area contributed by atoms with Crippen LogP contribution in [-0.4, -0.2) is 56.0 Å². The standard InChI is InChI=1S/C24H32N4O3.HI/c1-16(14-31-15-17-6-4-3-5-7-17)13-27-24(25-2)26-10-11-28-22(29)20-18-8-9-19(12-18)21(20)23(28)30;/h3-9,16,18-21H,10-15H2,1-2H3,(H2,25,26,27);1H. The summed E-state index contributed by atoms with van der Waals surface area (Å²) in [5.41, 5.74) is 1.17. The van der Waals surface area contributed by atoms with Crippen LogP contribution in [0.1, 0.15) is 18.9 Å². The molecule has 5 atom stereocenters. The van der Waals surface area contributed by atoms with E-state index in [1.54, 1.807) is 7.05 Å². The number of imide groups is 1. The first-order valence-corrected chi connectivity index (χ1v) is 11.2. The largest absolute Gasteiger partial charge is 0.376 e. The maximum Gasteiger partial charge on any atom is 0.233 e. The molecule has 1 saturated heterocycles. The second kappa shape index (κ2) is 11.3. The smallest absolute Gasteiger partial charge is 0.233 e. The maximum absolute atomic E-state index is 12.7. The van der Waals surface area contributed by atoms with Gasteiger partial charge in [0.15, 0.2) is 5.96 Å². The van der Waals surface area contributed by atoms with E-state index in [0.29, 0.717) is 38.2 Å². The number of fused-ring (bicyclic) bond motifs is 5. The summed E-state index contributed by atoms with van der Waals surface area (Å²) in [6.07, 6.45) is 5.20. The third-order valence-electron chi connectivity index (χ3n) is 6.54. The van der Waals surface area contributed by atoms with Crippen LogP contribution in [0.3, 0.4) is 0 Å². The van der Waals surface area contributed by atoms with Crippen molar-refractivity contribution in [3.8, 4) is 0 Å². The number of halogens is 1. The molecule has 4 rings (SSSR count). The third kappa shape index (κ3) is 5.33. The van der Waals surface area contributed by atoms with Crippen molar-refractivity contribution in [3.05, 3.63) is 48.0 Å². The van der Waals surface area contributed by atoms with Crippen molar-refractivity contribution in [2.75, 3.05) is 33.3 Å². The number of ether oxygens (including phenoxy) is 1. The van der Waals surface area contributed by atoms with Crippen molar-refractivity contribution in [2.45, 2.75) is 20.0 Å². The molecule has 0 radical (unpaired) electrons. The van der Waals surface area contributed by atoms with Crippen molar-refractivity contribution in [3.63, 3.8) is 0 Å². The van der Waals surface area contributed by atoms with E-state index >= 15 is 0 Å². The fraction of sp³-hybridized carbons (Fsp3) is 0.542. The second-order valence-corrected chi connectivity index (χ2v) is 8.81. The summed E-state index contributed by atoms with van der Waals surface area (Å²) in [7, 11) is 1.71. The molecule has 2 bridgehead atoms. The second-order valence-electron chi connectivity index (χ2n) is 8.81. The van der Waals surface area contributed by atoms with Gasteiger partial charge in [0, 0.05) is 26.7 Å². The number of carbonyl (C=O) groups is 2. The lowest BCUT2D eigenvalue weighted by Gasteiger charge is -2.19. The van der Waals surface area contributed by atoms with Gasteiger partial charge in [0.25, 0.3) is 0 Å². The van der Waals surface area contributed by atoms with Crippen molar-refractivity contribution in [1.29, 1.82) is 0 Å². The average molecular weight is 552 g/mol. The number of rotatable bonds is 9. The highest BCUT2D eigenvalue weighted by Crippen LogP contribution is 2.52. The molecule has 1 saturated carbocycles. The number of nitrogens with one attached hydrogen (secondary N) is 2. The first-order valence-electron chi connectivity index (χ1n) is 11.2. The van der Waals surface area contributed by atoms with E-state index in [1.165, 1.54) is 10.5 Å². The molecule has 2 amide bonds. The Morgan fingerprint density at radius 1 is 1.12 bits per heavy atom. The summed E-state index contributed by atoms with van der Waals surface area (Å²) in [5, 5.41) is 6.51. The van der Waals surface area contributed by atoms with Gasteiger partial charge in [0.2, 0.25) is 11.8 Å². The predicted octanol–water partition coefficient (Wildman–Crippen LogP) is 2.43. The van der Waals surface area contributed by atoms with E-state index in [-0.39, 0.29) is 59.5 Å². The molecule has 5 unspecified atom stereocenters. The van der Waals surface area contributed by atoms with Gasteiger partial charge in [0.05, 0.1) is 25.0 Å². The number of guanidine groups is 1. The van der Waals surface area contributed by atoms with E-state index in [9.17, 15) is 9.59 Å². The van der Waals surface area contributed by atoms with E-state index in [0.717, 1.165) is 13.0 Å². The molecule has 3 aliphatic rings. The van der Waals surface area contributed by atoms with Gasteiger partial charge in [-0.15, -0.1) is 24.0 Å². The van der Waals surface area contributed by atoms with Crippen LogP contribution in [0.2, 0.25) is 0 Å². The summed E-state index contributed by atoms with van der Waals surface area (Å²) < 4.78 is 5.79. The Kier molecular flexibility index (Phi) is 8.70. The highest BCUT2D eigenvalue weighted by atomic mass is 127. The number of likely N-dealkylation sites (tertiary alicyclic amines) is 1. The van der Waals surface area contributed by atoms with Gasteiger partial charge in [-0.25, -0.2) is 0 Å². The molecule has 1 aromatic rings. The van der Waals surface area contributed by atoms with E-state index in [4.69, 9.17) is 4.74 Å². The van der Waals surface area contributed by atoms with Crippen molar-refractivity contribution >= 4 is 41.8 Å². The molecule has 0 spiro atoms. The van der Waals surface area contributed by atoms with Crippen LogP contribution in [-0.2, 0) is 20.9 Å². The lowest BCUT2D eigenvalue weighted by Crippen LogP contribution is -2.44. The zero-order chi connectivity index (χ0) is 21.8. The number of allylic oxidation sites excluding steroid dienone is 2. The van der Waals surface area contributed by atoms with Crippen LogP contribution in [0.4, 0.5) is 0 Å². The molecule has 8 heteroatoms. The molecule has 174 valence electrons. The van der Waals surface area contributed by atoms with Crippen LogP contribution in [0.15, 0.2) is 47.5 Å². The average Bonchev–Trinajstić information content (AvgIpc) is 3.46. The van der Waals surface area contributed by atoms with Crippen molar-refractivity contribution in [1.82, 2.24) is 15.5 Å². The minimum atomic E-state index is -0.128. The number of hydrogen-bond acceptors (Lipinski definition) is 4. The first kappa shape index (κ1) is 24.7. The Morgan fingerprint density at radius 3 is 2.41 bits per heavy atom. The normalized spacial score (nSPS) is 26.8. The Labute approximate surface area is 207 Å². The lowest BCUT2D eigenvalue weighted by atomic mass is 9.85. The van der Waals surface area contributed by atoms with Gasteiger partial charge in [0.1, 0.15) is 0 Å². The third-order valence-corrected chi connectivity index (χ3v) is 6.54.